The van der Waals surface area contributed by atoms with Gasteiger partial charge in [-0.25, -0.2) is 9.69 Å². The molecule has 2 aromatic carbocycles. The van der Waals surface area contributed by atoms with Crippen molar-refractivity contribution in [1.29, 1.82) is 0 Å². The number of ether oxygens (including phenoxy) is 3. The molecular formula is C22H28N2O5. The summed E-state index contributed by atoms with van der Waals surface area (Å²) in [5.41, 5.74) is 6.13. The SMILES string of the molecule is COC(Oc1ccccc1CC(N)=O)N(Cc1ccccc1)C(=O)OC(C)(C)C. The molecule has 0 aromatic heterocycles. The van der Waals surface area contributed by atoms with E-state index < -0.39 is 24.0 Å². The molecule has 2 N–H and O–H groups in total. The van der Waals surface area contributed by atoms with E-state index in [4.69, 9.17) is 19.9 Å². The standard InChI is InChI=1S/C22H28N2O5/c1-22(2,3)29-20(26)24(15-16-10-6-5-7-11-16)21(27-4)28-18-13-9-8-12-17(18)14-19(23)25/h5-13,21H,14-15H2,1-4H3,(H2,23,25). The summed E-state index contributed by atoms with van der Waals surface area (Å²) >= 11 is 0. The maximum Gasteiger partial charge on any atom is 0.415 e. The van der Waals surface area contributed by atoms with Gasteiger partial charge in [-0.1, -0.05) is 48.5 Å². The van der Waals surface area contributed by atoms with Crippen LogP contribution in [0.3, 0.4) is 0 Å². The summed E-state index contributed by atoms with van der Waals surface area (Å²) in [7, 11) is 1.43. The Hall–Kier alpha value is -3.06. The fourth-order valence-corrected chi connectivity index (χ4v) is 2.63. The molecule has 0 heterocycles. The van der Waals surface area contributed by atoms with Crippen LogP contribution in [-0.4, -0.2) is 36.0 Å². The van der Waals surface area contributed by atoms with Crippen molar-refractivity contribution < 1.29 is 23.8 Å². The second-order valence-corrected chi connectivity index (χ2v) is 7.51. The van der Waals surface area contributed by atoms with Crippen molar-refractivity contribution in [3.05, 3.63) is 65.7 Å². The minimum Gasteiger partial charge on any atom is -0.446 e. The number of hydrogen-bond donors (Lipinski definition) is 1. The van der Waals surface area contributed by atoms with Crippen LogP contribution in [-0.2, 0) is 27.2 Å². The topological polar surface area (TPSA) is 91.1 Å². The first kappa shape index (κ1) is 22.2. The Labute approximate surface area is 171 Å². The zero-order chi connectivity index (χ0) is 21.4. The largest absolute Gasteiger partial charge is 0.446 e. The van der Waals surface area contributed by atoms with Crippen LogP contribution in [0.4, 0.5) is 4.79 Å². The van der Waals surface area contributed by atoms with Gasteiger partial charge in [0.05, 0.1) is 13.0 Å². The Morgan fingerprint density at radius 2 is 1.66 bits per heavy atom. The molecule has 0 aliphatic heterocycles. The van der Waals surface area contributed by atoms with E-state index in [-0.39, 0.29) is 13.0 Å². The van der Waals surface area contributed by atoms with Gasteiger partial charge >= 0.3 is 6.09 Å². The van der Waals surface area contributed by atoms with Crippen LogP contribution in [0.25, 0.3) is 0 Å². The molecule has 2 aromatic rings. The molecule has 0 fully saturated rings. The second kappa shape index (κ2) is 9.93. The number of primary amides is 1. The van der Waals surface area contributed by atoms with E-state index in [1.54, 1.807) is 45.0 Å². The molecule has 1 atom stereocenters. The van der Waals surface area contributed by atoms with Crippen LogP contribution in [0, 0.1) is 0 Å². The molecule has 0 radical (unpaired) electrons. The lowest BCUT2D eigenvalue weighted by molar-refractivity contribution is -0.155. The molecule has 2 rings (SSSR count). The van der Waals surface area contributed by atoms with E-state index >= 15 is 0 Å². The number of benzene rings is 2. The van der Waals surface area contributed by atoms with Gasteiger partial charge < -0.3 is 19.9 Å². The van der Waals surface area contributed by atoms with Crippen molar-refractivity contribution in [2.24, 2.45) is 5.73 Å². The van der Waals surface area contributed by atoms with Crippen molar-refractivity contribution in [3.8, 4) is 5.75 Å². The van der Waals surface area contributed by atoms with Crippen LogP contribution in [0.1, 0.15) is 31.9 Å². The summed E-state index contributed by atoms with van der Waals surface area (Å²) in [5.74, 6) is -0.0805. The molecule has 156 valence electrons. The lowest BCUT2D eigenvalue weighted by Gasteiger charge is -2.32. The van der Waals surface area contributed by atoms with Crippen molar-refractivity contribution in [1.82, 2.24) is 4.90 Å². The Bertz CT molecular complexity index is 817. The van der Waals surface area contributed by atoms with Gasteiger partial charge in [0.15, 0.2) is 0 Å². The highest BCUT2D eigenvalue weighted by molar-refractivity contribution is 5.77. The number of carbonyl (C=O) groups excluding carboxylic acids is 2. The first-order valence-electron chi connectivity index (χ1n) is 9.29. The van der Waals surface area contributed by atoms with Crippen molar-refractivity contribution in [2.45, 2.75) is 45.8 Å². The van der Waals surface area contributed by atoms with E-state index in [2.05, 4.69) is 0 Å². The summed E-state index contributed by atoms with van der Waals surface area (Å²) in [6.07, 6.45) is -1.64. The quantitative estimate of drug-likeness (QED) is 0.685. The van der Waals surface area contributed by atoms with Gasteiger partial charge in [0.2, 0.25) is 5.91 Å². The molecule has 0 saturated carbocycles. The Morgan fingerprint density at radius 1 is 1.03 bits per heavy atom. The molecule has 0 aliphatic rings. The minimum atomic E-state index is -1.07. The van der Waals surface area contributed by atoms with Gasteiger partial charge in [0, 0.05) is 12.7 Å². The first-order chi connectivity index (χ1) is 13.7. The molecule has 0 saturated heterocycles. The molecular weight excluding hydrogens is 372 g/mol. The molecule has 0 aliphatic carbocycles. The monoisotopic (exact) mass is 400 g/mol. The van der Waals surface area contributed by atoms with Gasteiger partial charge in [-0.15, -0.1) is 0 Å². The molecule has 29 heavy (non-hydrogen) atoms. The average Bonchev–Trinajstić information content (AvgIpc) is 2.64. The van der Waals surface area contributed by atoms with Crippen LogP contribution >= 0.6 is 0 Å². The molecule has 0 spiro atoms. The third kappa shape index (κ3) is 7.12. The molecule has 2 amide bonds. The van der Waals surface area contributed by atoms with E-state index in [1.807, 2.05) is 30.3 Å². The predicted octanol–water partition coefficient (Wildman–Crippen LogP) is 3.46. The number of hydrogen-bond acceptors (Lipinski definition) is 5. The van der Waals surface area contributed by atoms with E-state index in [9.17, 15) is 9.59 Å². The van der Waals surface area contributed by atoms with Crippen molar-refractivity contribution >= 4 is 12.0 Å². The second-order valence-electron chi connectivity index (χ2n) is 7.51. The normalized spacial score (nSPS) is 12.1. The summed E-state index contributed by atoms with van der Waals surface area (Å²) in [4.78, 5) is 25.6. The fourth-order valence-electron chi connectivity index (χ4n) is 2.63. The third-order valence-corrected chi connectivity index (χ3v) is 3.84. The predicted molar refractivity (Wildman–Crippen MR) is 109 cm³/mol. The van der Waals surface area contributed by atoms with Crippen LogP contribution in [0.15, 0.2) is 54.6 Å². The Balaban J connectivity index is 2.31. The summed E-state index contributed by atoms with van der Waals surface area (Å²) in [6.45, 7) is 5.58. The first-order valence-corrected chi connectivity index (χ1v) is 9.29. The Morgan fingerprint density at radius 3 is 2.24 bits per heavy atom. The zero-order valence-corrected chi connectivity index (χ0v) is 17.3. The van der Waals surface area contributed by atoms with Gasteiger partial charge in [-0.2, -0.15) is 0 Å². The summed E-state index contributed by atoms with van der Waals surface area (Å²) in [5, 5.41) is 0. The lowest BCUT2D eigenvalue weighted by Crippen LogP contribution is -2.46. The van der Waals surface area contributed by atoms with E-state index in [0.29, 0.717) is 11.3 Å². The maximum absolute atomic E-state index is 12.9. The van der Waals surface area contributed by atoms with Gasteiger partial charge in [0.25, 0.3) is 6.41 Å². The zero-order valence-electron chi connectivity index (χ0n) is 17.3. The van der Waals surface area contributed by atoms with Crippen LogP contribution in [0.5, 0.6) is 5.75 Å². The van der Waals surface area contributed by atoms with Crippen molar-refractivity contribution in [2.75, 3.05) is 7.11 Å². The number of nitrogens with two attached hydrogens (primary N) is 1. The van der Waals surface area contributed by atoms with E-state index in [1.165, 1.54) is 12.0 Å². The number of methoxy groups -OCH3 is 1. The average molecular weight is 400 g/mol. The molecule has 0 bridgehead atoms. The molecule has 7 nitrogen and oxygen atoms in total. The summed E-state index contributed by atoms with van der Waals surface area (Å²) < 4.78 is 17.0. The molecule has 7 heteroatoms. The highest BCUT2D eigenvalue weighted by atomic mass is 16.7. The number of nitrogens with zero attached hydrogens (tertiary/aromatic N) is 1. The highest BCUT2D eigenvalue weighted by Gasteiger charge is 2.30. The summed E-state index contributed by atoms with van der Waals surface area (Å²) in [6, 6.07) is 16.4. The number of carbonyl (C=O) groups is 2. The number of para-hydroxylation sites is 1. The lowest BCUT2D eigenvalue weighted by atomic mass is 10.1. The highest BCUT2D eigenvalue weighted by Crippen LogP contribution is 2.23. The van der Waals surface area contributed by atoms with Gasteiger partial charge in [-0.3, -0.25) is 4.79 Å². The minimum absolute atomic E-state index is 0.0116. The van der Waals surface area contributed by atoms with Crippen LogP contribution in [0.2, 0.25) is 0 Å². The maximum atomic E-state index is 12.9. The van der Waals surface area contributed by atoms with E-state index in [0.717, 1.165) is 5.56 Å². The Kier molecular flexibility index (Phi) is 7.61. The smallest absolute Gasteiger partial charge is 0.415 e. The van der Waals surface area contributed by atoms with Gasteiger partial charge in [-0.05, 0) is 32.4 Å². The van der Waals surface area contributed by atoms with Crippen molar-refractivity contribution in [3.63, 3.8) is 0 Å². The molecule has 1 unspecified atom stereocenters. The van der Waals surface area contributed by atoms with Crippen LogP contribution < -0.4 is 10.5 Å². The number of rotatable bonds is 8. The third-order valence-electron chi connectivity index (χ3n) is 3.84. The number of amides is 2. The van der Waals surface area contributed by atoms with Gasteiger partial charge in [0.1, 0.15) is 11.4 Å². The fraction of sp³-hybridized carbons (Fsp3) is 0.364.